The molecule has 5 rings (SSSR count). The Morgan fingerprint density at radius 1 is 1.28 bits per heavy atom. The van der Waals surface area contributed by atoms with Crippen LogP contribution in [0.2, 0.25) is 5.02 Å². The van der Waals surface area contributed by atoms with Crippen LogP contribution < -0.4 is 11.1 Å². The molecule has 1 amide bonds. The third-order valence-corrected chi connectivity index (χ3v) is 9.36. The maximum absolute atomic E-state index is 15.5. The Morgan fingerprint density at radius 3 is 2.69 bits per heavy atom. The summed E-state index contributed by atoms with van der Waals surface area (Å²) in [5.74, 6) is -0.306. The quantitative estimate of drug-likeness (QED) is 0.270. The molecule has 1 aliphatic heterocycles. The van der Waals surface area contributed by atoms with Gasteiger partial charge in [-0.15, -0.1) is 0 Å². The predicted octanol–water partition coefficient (Wildman–Crippen LogP) is 6.39. The Kier molecular flexibility index (Phi) is 5.99. The molecule has 0 unspecified atom stereocenters. The largest absolute Gasteiger partial charge is 0.383 e. The van der Waals surface area contributed by atoms with Crippen molar-refractivity contribution in [3.8, 4) is 22.4 Å². The summed E-state index contributed by atoms with van der Waals surface area (Å²) in [7, 11) is -2.53. The zero-order valence-electron chi connectivity index (χ0n) is 24.3. The predicted molar refractivity (Wildman–Crippen MR) is 156 cm³/mol. The lowest BCUT2D eigenvalue weighted by molar-refractivity contribution is -0.112. The molecule has 202 valence electrons. The number of aryl methyl sites for hydroxylation is 2. The lowest BCUT2D eigenvalue weighted by Crippen LogP contribution is -2.12. The molecular weight excluding hydrogens is 539 g/mol. The molecule has 11 heteroatoms. The van der Waals surface area contributed by atoms with E-state index in [0.29, 0.717) is 28.3 Å². The topological polar surface area (TPSA) is 115 Å². The van der Waals surface area contributed by atoms with Crippen molar-refractivity contribution in [2.75, 3.05) is 22.6 Å². The Morgan fingerprint density at radius 2 is 2.03 bits per heavy atom. The number of fused-ring (bicyclic) bond motifs is 1. The minimum atomic E-state index is -2.76. The number of nitrogen functional groups attached to an aromatic ring is 1. The van der Waals surface area contributed by atoms with E-state index >= 15 is 4.39 Å². The molecule has 0 saturated carbocycles. The van der Waals surface area contributed by atoms with Gasteiger partial charge < -0.3 is 15.6 Å². The Labute approximate surface area is 235 Å². The van der Waals surface area contributed by atoms with Crippen LogP contribution in [0.15, 0.2) is 53.2 Å². The molecule has 8 nitrogen and oxygen atoms in total. The number of benzene rings is 2. The molecule has 0 bridgehead atoms. The van der Waals surface area contributed by atoms with E-state index in [2.05, 4.69) is 26.2 Å². The highest BCUT2D eigenvalue weighted by Gasteiger charge is 2.25. The van der Waals surface area contributed by atoms with Gasteiger partial charge in [0.2, 0.25) is 0 Å². The minimum absolute atomic E-state index is 0.00367. The second-order valence-corrected chi connectivity index (χ2v) is 12.5. The summed E-state index contributed by atoms with van der Waals surface area (Å²) in [6.45, 7) is 4.18. The van der Waals surface area contributed by atoms with E-state index in [1.54, 1.807) is 26.0 Å². The molecule has 4 aromatic rings. The number of amides is 1. The summed E-state index contributed by atoms with van der Waals surface area (Å²) in [6.07, 6.45) is 2.70. The molecule has 3 N–H and O–H groups in total. The lowest BCUT2D eigenvalue weighted by Gasteiger charge is -2.15. The van der Waals surface area contributed by atoms with Crippen molar-refractivity contribution in [3.63, 3.8) is 0 Å². The van der Waals surface area contributed by atoms with Crippen LogP contribution in [0.1, 0.15) is 29.4 Å². The van der Waals surface area contributed by atoms with Crippen molar-refractivity contribution in [2.24, 2.45) is 11.3 Å². The lowest BCUT2D eigenvalue weighted by atomic mass is 9.97. The number of aromatic nitrogens is 3. The molecule has 3 heterocycles. The van der Waals surface area contributed by atoms with Gasteiger partial charge in [-0.3, -0.25) is 4.79 Å². The summed E-state index contributed by atoms with van der Waals surface area (Å²) >= 11 is 6.76. The third-order valence-electron chi connectivity index (χ3n) is 6.66. The average molecular weight is 570 g/mol. The zero-order chi connectivity index (χ0) is 30.6. The summed E-state index contributed by atoms with van der Waals surface area (Å²) in [5, 5.41) is 3.05. The molecule has 39 heavy (non-hydrogen) atoms. The van der Waals surface area contributed by atoms with Crippen molar-refractivity contribution < 1.29 is 17.5 Å². The monoisotopic (exact) mass is 569 g/mol. The Balaban J connectivity index is 1.81. The van der Waals surface area contributed by atoms with Gasteiger partial charge in [-0.2, -0.15) is 4.36 Å². The first kappa shape index (κ1) is 23.2. The van der Waals surface area contributed by atoms with E-state index in [4.69, 9.17) is 21.4 Å². The number of nitrogens with zero attached hydrogens (tertiary/aromatic N) is 4. The second kappa shape index (κ2) is 10.1. The number of carbonyl (C=O) groups is 1. The van der Waals surface area contributed by atoms with Crippen LogP contribution >= 0.6 is 11.6 Å². The molecule has 2 aromatic carbocycles. The van der Waals surface area contributed by atoms with Gasteiger partial charge in [-0.05, 0) is 62.1 Å². The first-order valence-corrected chi connectivity index (χ1v) is 14.4. The maximum Gasteiger partial charge on any atom is 0.250 e. The normalized spacial score (nSPS) is 15.9. The van der Waals surface area contributed by atoms with Crippen LogP contribution in [0.3, 0.4) is 0 Å². The summed E-state index contributed by atoms with van der Waals surface area (Å²) in [6, 6.07) is 7.32. The zero-order valence-corrected chi connectivity index (χ0v) is 22.9. The van der Waals surface area contributed by atoms with Gasteiger partial charge in [-0.25, -0.2) is 18.6 Å². The number of nitrogens with one attached hydrogen (secondary N) is 1. The fraction of sp³-hybridized carbons (Fsp3) is 0.250. The van der Waals surface area contributed by atoms with Gasteiger partial charge in [0.05, 0.1) is 25.8 Å². The van der Waals surface area contributed by atoms with E-state index in [1.165, 1.54) is 18.2 Å². The molecule has 0 spiro atoms. The van der Waals surface area contributed by atoms with E-state index in [0.717, 1.165) is 23.7 Å². The van der Waals surface area contributed by atoms with Crippen LogP contribution in [-0.4, -0.2) is 36.2 Å². The highest BCUT2D eigenvalue weighted by molar-refractivity contribution is 7.93. The van der Waals surface area contributed by atoms with E-state index in [1.807, 2.05) is 0 Å². The minimum Gasteiger partial charge on any atom is -0.383 e. The van der Waals surface area contributed by atoms with Crippen LogP contribution in [0, 0.1) is 12.7 Å². The fourth-order valence-corrected chi connectivity index (χ4v) is 7.12. The van der Waals surface area contributed by atoms with Gasteiger partial charge >= 0.3 is 0 Å². The highest BCUT2D eigenvalue weighted by Crippen LogP contribution is 2.45. The first-order chi connectivity index (χ1) is 19.7. The molecule has 1 saturated heterocycles. The third kappa shape index (κ3) is 4.90. The fourth-order valence-electron chi connectivity index (χ4n) is 4.66. The Hall–Kier alpha value is -3.76. The van der Waals surface area contributed by atoms with E-state index in [-0.39, 0.29) is 49.9 Å². The van der Waals surface area contributed by atoms with Crippen LogP contribution in [0.4, 0.5) is 21.6 Å². The number of carbonyl (C=O) groups excluding carboxylic acids is 1. The Bertz CT molecular complexity index is 1900. The highest BCUT2D eigenvalue weighted by atomic mass is 35.5. The molecule has 1 aliphatic rings. The molecular formula is C28H28ClFN6O2S. The van der Waals surface area contributed by atoms with Gasteiger partial charge in [0, 0.05) is 45.0 Å². The number of hydrogen-bond donors (Lipinski definition) is 2. The summed E-state index contributed by atoms with van der Waals surface area (Å²) < 4.78 is 58.9. The molecule has 1 fully saturated rings. The second-order valence-electron chi connectivity index (χ2n) is 9.54. The molecule has 0 atom stereocenters. The van der Waals surface area contributed by atoms with Crippen LogP contribution in [0.25, 0.3) is 33.4 Å². The van der Waals surface area contributed by atoms with Crippen molar-refractivity contribution in [2.45, 2.75) is 26.7 Å². The van der Waals surface area contributed by atoms with Crippen molar-refractivity contribution >= 4 is 55.5 Å². The van der Waals surface area contributed by atoms with Crippen molar-refractivity contribution in [3.05, 3.63) is 65.2 Å². The van der Waals surface area contributed by atoms with Crippen LogP contribution in [0.5, 0.6) is 0 Å². The summed E-state index contributed by atoms with van der Waals surface area (Å²) in [4.78, 5) is 20.6. The molecule has 2 aromatic heterocycles. The maximum atomic E-state index is 15.5. The van der Waals surface area contributed by atoms with E-state index in [9.17, 15) is 9.00 Å². The van der Waals surface area contributed by atoms with Gasteiger partial charge in [0.1, 0.15) is 29.3 Å². The average Bonchev–Trinajstić information content (AvgIpc) is 3.49. The number of nitrogens with two attached hydrogens (primary N) is 1. The number of anilines is 2. The smallest absolute Gasteiger partial charge is 0.250 e. The van der Waals surface area contributed by atoms with Gasteiger partial charge in [0.15, 0.2) is 0 Å². The molecule has 0 radical (unpaired) electrons. The number of rotatable bonds is 5. The van der Waals surface area contributed by atoms with Crippen molar-refractivity contribution in [1.82, 2.24) is 14.5 Å². The number of hydrogen-bond acceptors (Lipinski definition) is 6. The molecule has 0 aliphatic carbocycles. The summed E-state index contributed by atoms with van der Waals surface area (Å²) in [5.41, 5.74) is 8.43. The van der Waals surface area contributed by atoms with Crippen LogP contribution in [-0.2, 0) is 21.5 Å². The van der Waals surface area contributed by atoms with E-state index < -0.39 is 28.4 Å². The first-order valence-electron chi connectivity index (χ1n) is 13.7. The van der Waals surface area contributed by atoms with Gasteiger partial charge in [0.25, 0.3) is 5.91 Å². The van der Waals surface area contributed by atoms with Gasteiger partial charge in [-0.1, -0.05) is 24.2 Å². The number of halogens is 2. The SMILES string of the molecule is [2H]C([2H])([2H])n1c(-c2cc(C)c(NC(=O)C(=C)C)cc2Cl)c(-c2ccc(N=S3(=O)CCCC3)c(F)c2)c2c(N)ncnc21. The standard InChI is InChI=1S/C28H28ClFN6O2S/c1-15(2)28(37)34-22-13-19(29)18(11-16(22)3)25-23(24-26(31)32-14-33-27(24)36(25)4)17-7-8-21(20(30)12-17)35-39(38)9-5-6-10-39/h7-8,11-14H,1,5-6,9-10H2,2-4H3,(H,34,37)(H2,31,32,33)/i4D3. The van der Waals surface area contributed by atoms with Crippen molar-refractivity contribution in [1.29, 1.82) is 0 Å².